The van der Waals surface area contributed by atoms with E-state index in [1.54, 1.807) is 0 Å². The average molecular weight is 193 g/mol. The lowest BCUT2D eigenvalue weighted by Gasteiger charge is -2.17. The van der Waals surface area contributed by atoms with Crippen molar-refractivity contribution in [2.45, 2.75) is 25.8 Å². The monoisotopic (exact) mass is 193 g/mol. The Kier molecular flexibility index (Phi) is 1.94. The van der Waals surface area contributed by atoms with E-state index in [4.69, 9.17) is 4.52 Å². The number of hydrogen-bond acceptors (Lipinski definition) is 4. The van der Waals surface area contributed by atoms with Gasteiger partial charge in [0.1, 0.15) is 5.69 Å². The van der Waals surface area contributed by atoms with Crippen LogP contribution in [0.25, 0.3) is 0 Å². The molecule has 76 valence electrons. The van der Waals surface area contributed by atoms with Gasteiger partial charge in [0.25, 0.3) is 0 Å². The number of rotatable bonds is 1. The lowest BCUT2D eigenvalue weighted by molar-refractivity contribution is 0.410. The van der Waals surface area contributed by atoms with Gasteiger partial charge in [-0.05, 0) is 25.8 Å². The van der Waals surface area contributed by atoms with Crippen molar-refractivity contribution in [3.8, 4) is 0 Å². The molecule has 3 rings (SSSR count). The molecule has 0 radical (unpaired) electrons. The predicted octanol–water partition coefficient (Wildman–Crippen LogP) is 0.921. The molecule has 2 aliphatic rings. The van der Waals surface area contributed by atoms with Crippen molar-refractivity contribution in [2.75, 3.05) is 24.5 Å². The summed E-state index contributed by atoms with van der Waals surface area (Å²) in [7, 11) is 0. The van der Waals surface area contributed by atoms with E-state index in [1.165, 1.54) is 18.4 Å². The van der Waals surface area contributed by atoms with Crippen LogP contribution < -0.4 is 10.2 Å². The van der Waals surface area contributed by atoms with Crippen LogP contribution in [0.4, 0.5) is 5.88 Å². The summed E-state index contributed by atoms with van der Waals surface area (Å²) in [6, 6.07) is 0. The molecule has 1 saturated heterocycles. The lowest BCUT2D eigenvalue weighted by Crippen LogP contribution is -2.25. The molecule has 0 aliphatic carbocycles. The highest BCUT2D eigenvalue weighted by Crippen LogP contribution is 2.28. The van der Waals surface area contributed by atoms with Gasteiger partial charge in [-0.15, -0.1) is 0 Å². The van der Waals surface area contributed by atoms with Crippen molar-refractivity contribution in [1.82, 2.24) is 10.5 Å². The van der Waals surface area contributed by atoms with Gasteiger partial charge in [0, 0.05) is 25.2 Å². The quantitative estimate of drug-likeness (QED) is 0.720. The molecule has 14 heavy (non-hydrogen) atoms. The van der Waals surface area contributed by atoms with Crippen LogP contribution in [0.2, 0.25) is 0 Å². The van der Waals surface area contributed by atoms with Gasteiger partial charge in [-0.2, -0.15) is 0 Å². The van der Waals surface area contributed by atoms with E-state index >= 15 is 0 Å². The summed E-state index contributed by atoms with van der Waals surface area (Å²) in [5.74, 6) is 1.04. The molecule has 1 aromatic rings. The van der Waals surface area contributed by atoms with Crippen molar-refractivity contribution in [3.63, 3.8) is 0 Å². The molecule has 2 aliphatic heterocycles. The van der Waals surface area contributed by atoms with Gasteiger partial charge in [0.2, 0.25) is 5.88 Å². The third-order valence-electron chi connectivity index (χ3n) is 3.09. The van der Waals surface area contributed by atoms with Gasteiger partial charge < -0.3 is 14.7 Å². The van der Waals surface area contributed by atoms with E-state index in [1.807, 2.05) is 0 Å². The normalized spacial score (nSPS) is 21.3. The highest BCUT2D eigenvalue weighted by atomic mass is 16.5. The average Bonchev–Trinajstić information content (AvgIpc) is 2.85. The topological polar surface area (TPSA) is 41.3 Å². The van der Waals surface area contributed by atoms with Gasteiger partial charge in [-0.25, -0.2) is 0 Å². The van der Waals surface area contributed by atoms with Crippen LogP contribution in [0.15, 0.2) is 4.52 Å². The zero-order chi connectivity index (χ0) is 9.38. The minimum absolute atomic E-state index is 0.868. The van der Waals surface area contributed by atoms with Crippen LogP contribution in [0.1, 0.15) is 24.1 Å². The fourth-order valence-electron chi connectivity index (χ4n) is 2.31. The fourth-order valence-corrected chi connectivity index (χ4v) is 2.31. The second kappa shape index (κ2) is 3.28. The third-order valence-corrected chi connectivity index (χ3v) is 3.09. The van der Waals surface area contributed by atoms with Gasteiger partial charge in [-0.1, -0.05) is 5.16 Å². The molecule has 1 fully saturated rings. The third kappa shape index (κ3) is 1.21. The first kappa shape index (κ1) is 8.29. The summed E-state index contributed by atoms with van der Waals surface area (Å²) in [6.45, 7) is 4.19. The molecule has 0 bridgehead atoms. The predicted molar refractivity (Wildman–Crippen MR) is 53.4 cm³/mol. The van der Waals surface area contributed by atoms with Gasteiger partial charge >= 0.3 is 0 Å². The van der Waals surface area contributed by atoms with Crippen LogP contribution in [0.3, 0.4) is 0 Å². The minimum Gasteiger partial charge on any atom is -0.340 e. The van der Waals surface area contributed by atoms with Crippen LogP contribution in [-0.2, 0) is 13.0 Å². The summed E-state index contributed by atoms with van der Waals surface area (Å²) < 4.78 is 5.44. The second-order valence-corrected chi connectivity index (χ2v) is 4.03. The maximum absolute atomic E-state index is 5.44. The zero-order valence-corrected chi connectivity index (χ0v) is 8.25. The number of anilines is 1. The first-order valence-electron chi connectivity index (χ1n) is 5.38. The molecule has 3 heterocycles. The number of nitrogens with zero attached hydrogens (tertiary/aromatic N) is 2. The molecule has 4 heteroatoms. The zero-order valence-electron chi connectivity index (χ0n) is 8.25. The molecular weight excluding hydrogens is 178 g/mol. The Labute approximate surface area is 83.2 Å². The highest BCUT2D eigenvalue weighted by Gasteiger charge is 2.24. The smallest absolute Gasteiger partial charge is 0.230 e. The van der Waals surface area contributed by atoms with Gasteiger partial charge in [-0.3, -0.25) is 0 Å². The molecule has 0 unspecified atom stereocenters. The molecule has 1 aromatic heterocycles. The Morgan fingerprint density at radius 1 is 1.29 bits per heavy atom. The number of hydrogen-bond donors (Lipinski definition) is 1. The fraction of sp³-hybridized carbons (Fsp3) is 0.700. The molecule has 0 amide bonds. The van der Waals surface area contributed by atoms with Crippen LogP contribution in [0.5, 0.6) is 0 Å². The maximum atomic E-state index is 5.44. The molecule has 0 spiro atoms. The molecule has 0 atom stereocenters. The number of fused-ring (bicyclic) bond motifs is 1. The number of nitrogens with one attached hydrogen (secondary N) is 1. The SMILES string of the molecule is C1CCN(c2onc3c2CCNC3)C1. The van der Waals surface area contributed by atoms with Crippen molar-refractivity contribution in [1.29, 1.82) is 0 Å². The Balaban J connectivity index is 1.93. The molecule has 0 saturated carbocycles. The van der Waals surface area contributed by atoms with E-state index in [2.05, 4.69) is 15.4 Å². The summed E-state index contributed by atoms with van der Waals surface area (Å²) in [4.78, 5) is 2.33. The Morgan fingerprint density at radius 3 is 3.00 bits per heavy atom. The Hall–Kier alpha value is -1.03. The van der Waals surface area contributed by atoms with Crippen molar-refractivity contribution in [3.05, 3.63) is 11.3 Å². The molecule has 4 nitrogen and oxygen atoms in total. The minimum atomic E-state index is 0.868. The van der Waals surface area contributed by atoms with Crippen molar-refractivity contribution in [2.24, 2.45) is 0 Å². The highest BCUT2D eigenvalue weighted by molar-refractivity contribution is 5.47. The Bertz CT molecular complexity index is 328. The van der Waals surface area contributed by atoms with E-state index in [9.17, 15) is 0 Å². The van der Waals surface area contributed by atoms with E-state index < -0.39 is 0 Å². The van der Waals surface area contributed by atoms with Crippen LogP contribution in [-0.4, -0.2) is 24.8 Å². The second-order valence-electron chi connectivity index (χ2n) is 4.03. The summed E-state index contributed by atoms with van der Waals surface area (Å²) in [5.41, 5.74) is 2.45. The van der Waals surface area contributed by atoms with E-state index in [0.29, 0.717) is 0 Å². The molecular formula is C10H15N3O. The van der Waals surface area contributed by atoms with Crippen LogP contribution in [0, 0.1) is 0 Å². The first-order chi connectivity index (χ1) is 6.95. The largest absolute Gasteiger partial charge is 0.340 e. The summed E-state index contributed by atoms with van der Waals surface area (Å²) in [6.07, 6.45) is 3.63. The standard InChI is InChI=1S/C10H15N3O/c1-2-6-13(5-1)10-8-3-4-11-7-9(8)12-14-10/h11H,1-7H2. The molecule has 1 N–H and O–H groups in total. The van der Waals surface area contributed by atoms with Crippen LogP contribution >= 0.6 is 0 Å². The van der Waals surface area contributed by atoms with E-state index in [-0.39, 0.29) is 0 Å². The first-order valence-corrected chi connectivity index (χ1v) is 5.38. The summed E-state index contributed by atoms with van der Waals surface area (Å²) in [5, 5.41) is 7.43. The van der Waals surface area contributed by atoms with Gasteiger partial charge in [0.05, 0.1) is 0 Å². The summed E-state index contributed by atoms with van der Waals surface area (Å²) >= 11 is 0. The Morgan fingerprint density at radius 2 is 2.14 bits per heavy atom. The van der Waals surface area contributed by atoms with E-state index in [0.717, 1.165) is 44.2 Å². The molecule has 0 aromatic carbocycles. The van der Waals surface area contributed by atoms with Crippen molar-refractivity contribution < 1.29 is 4.52 Å². The number of aromatic nitrogens is 1. The van der Waals surface area contributed by atoms with Crippen molar-refractivity contribution >= 4 is 5.88 Å². The van der Waals surface area contributed by atoms with Gasteiger partial charge in [0.15, 0.2) is 0 Å². The maximum Gasteiger partial charge on any atom is 0.230 e. The lowest BCUT2D eigenvalue weighted by atomic mass is 10.1.